The number of ether oxygens (including phenoxy) is 1. The molecule has 1 aliphatic rings. The van der Waals surface area contributed by atoms with E-state index >= 15 is 0 Å². The van der Waals surface area contributed by atoms with Crippen LogP contribution in [0.25, 0.3) is 0 Å². The Labute approximate surface area is 110 Å². The molecule has 0 aliphatic heterocycles. The second kappa shape index (κ2) is 4.58. The molecule has 2 heteroatoms. The Morgan fingerprint density at radius 1 is 1.22 bits per heavy atom. The Balaban J connectivity index is 2.23. The lowest BCUT2D eigenvalue weighted by Gasteiger charge is -2.26. The SMILES string of the molecule is CC(C)Oc1cccc(C2(O)CCC(C)(C)C2)c1. The van der Waals surface area contributed by atoms with E-state index in [2.05, 4.69) is 13.8 Å². The molecular weight excluding hydrogens is 224 g/mol. The maximum Gasteiger partial charge on any atom is 0.120 e. The molecule has 1 unspecified atom stereocenters. The van der Waals surface area contributed by atoms with E-state index in [0.29, 0.717) is 0 Å². The van der Waals surface area contributed by atoms with Gasteiger partial charge in [0.15, 0.2) is 0 Å². The molecule has 2 rings (SSSR count). The van der Waals surface area contributed by atoms with Gasteiger partial charge in [-0.25, -0.2) is 0 Å². The van der Waals surface area contributed by atoms with Gasteiger partial charge in [0.1, 0.15) is 5.75 Å². The van der Waals surface area contributed by atoms with E-state index in [0.717, 1.165) is 30.6 Å². The molecule has 2 nitrogen and oxygen atoms in total. The molecule has 0 radical (unpaired) electrons. The third-order valence-corrected chi connectivity index (χ3v) is 3.73. The summed E-state index contributed by atoms with van der Waals surface area (Å²) in [4.78, 5) is 0. The van der Waals surface area contributed by atoms with Crippen LogP contribution in [0.2, 0.25) is 0 Å². The summed E-state index contributed by atoms with van der Waals surface area (Å²) in [7, 11) is 0. The lowest BCUT2D eigenvalue weighted by atomic mass is 9.86. The summed E-state index contributed by atoms with van der Waals surface area (Å²) in [6.45, 7) is 8.47. The van der Waals surface area contributed by atoms with Gasteiger partial charge in [-0.05, 0) is 56.2 Å². The summed E-state index contributed by atoms with van der Waals surface area (Å²) < 4.78 is 5.70. The Hall–Kier alpha value is -1.02. The van der Waals surface area contributed by atoms with Crippen LogP contribution in [0, 0.1) is 5.41 Å². The minimum absolute atomic E-state index is 0.162. The summed E-state index contributed by atoms with van der Waals surface area (Å²) in [5.74, 6) is 0.848. The molecule has 0 amide bonds. The zero-order valence-corrected chi connectivity index (χ0v) is 11.9. The van der Waals surface area contributed by atoms with E-state index in [4.69, 9.17) is 4.74 Å². The summed E-state index contributed by atoms with van der Waals surface area (Å²) in [5.41, 5.74) is 0.537. The Morgan fingerprint density at radius 3 is 2.50 bits per heavy atom. The smallest absolute Gasteiger partial charge is 0.120 e. The molecule has 1 saturated carbocycles. The van der Waals surface area contributed by atoms with Gasteiger partial charge in [-0.3, -0.25) is 0 Å². The molecule has 1 atom stereocenters. The number of benzene rings is 1. The van der Waals surface area contributed by atoms with E-state index in [9.17, 15) is 5.11 Å². The molecule has 1 aromatic carbocycles. The highest BCUT2D eigenvalue weighted by atomic mass is 16.5. The van der Waals surface area contributed by atoms with Crippen LogP contribution in [-0.2, 0) is 5.60 Å². The van der Waals surface area contributed by atoms with Gasteiger partial charge in [0.2, 0.25) is 0 Å². The van der Waals surface area contributed by atoms with E-state index < -0.39 is 5.60 Å². The topological polar surface area (TPSA) is 29.5 Å². The zero-order valence-electron chi connectivity index (χ0n) is 11.9. The van der Waals surface area contributed by atoms with E-state index in [1.54, 1.807) is 0 Å². The molecule has 0 heterocycles. The molecule has 100 valence electrons. The van der Waals surface area contributed by atoms with Crippen LogP contribution in [0.5, 0.6) is 5.75 Å². The lowest BCUT2D eigenvalue weighted by Crippen LogP contribution is -2.23. The summed E-state index contributed by atoms with van der Waals surface area (Å²) in [6, 6.07) is 7.92. The van der Waals surface area contributed by atoms with Crippen molar-refractivity contribution in [3.8, 4) is 5.75 Å². The van der Waals surface area contributed by atoms with E-state index in [-0.39, 0.29) is 11.5 Å². The van der Waals surface area contributed by atoms with Crippen molar-refractivity contribution < 1.29 is 9.84 Å². The predicted molar refractivity (Wildman–Crippen MR) is 73.7 cm³/mol. The standard InChI is InChI=1S/C16H24O2/c1-12(2)18-14-7-5-6-13(10-14)16(17)9-8-15(3,4)11-16/h5-7,10,12,17H,8-9,11H2,1-4H3. The fraction of sp³-hybridized carbons (Fsp3) is 0.625. The van der Waals surface area contributed by atoms with Gasteiger partial charge in [-0.15, -0.1) is 0 Å². The second-order valence-corrected chi connectivity index (χ2v) is 6.57. The van der Waals surface area contributed by atoms with Crippen molar-refractivity contribution in [2.24, 2.45) is 5.41 Å². The van der Waals surface area contributed by atoms with Crippen LogP contribution in [0.3, 0.4) is 0 Å². The fourth-order valence-electron chi connectivity index (χ4n) is 2.89. The van der Waals surface area contributed by atoms with Gasteiger partial charge in [0.25, 0.3) is 0 Å². The average Bonchev–Trinajstić information content (AvgIpc) is 2.54. The zero-order chi connectivity index (χ0) is 13.4. The number of aliphatic hydroxyl groups is 1. The maximum atomic E-state index is 10.8. The van der Waals surface area contributed by atoms with Crippen molar-refractivity contribution in [1.82, 2.24) is 0 Å². The third kappa shape index (κ3) is 2.86. The highest BCUT2D eigenvalue weighted by Gasteiger charge is 2.42. The fourth-order valence-corrected chi connectivity index (χ4v) is 2.89. The Kier molecular flexibility index (Phi) is 3.41. The minimum atomic E-state index is -0.681. The van der Waals surface area contributed by atoms with Crippen LogP contribution in [0.15, 0.2) is 24.3 Å². The van der Waals surface area contributed by atoms with Gasteiger partial charge in [0, 0.05) is 0 Å². The molecule has 18 heavy (non-hydrogen) atoms. The molecule has 0 spiro atoms. The van der Waals surface area contributed by atoms with Crippen molar-refractivity contribution in [3.05, 3.63) is 29.8 Å². The summed E-state index contributed by atoms with van der Waals surface area (Å²) in [6.07, 6.45) is 2.89. The molecule has 1 fully saturated rings. The molecule has 1 N–H and O–H groups in total. The Morgan fingerprint density at radius 2 is 1.94 bits per heavy atom. The number of rotatable bonds is 3. The van der Waals surface area contributed by atoms with Crippen molar-refractivity contribution in [3.63, 3.8) is 0 Å². The maximum absolute atomic E-state index is 10.8. The van der Waals surface area contributed by atoms with Gasteiger partial charge >= 0.3 is 0 Å². The van der Waals surface area contributed by atoms with Crippen LogP contribution in [0.1, 0.15) is 52.5 Å². The summed E-state index contributed by atoms with van der Waals surface area (Å²) in [5, 5.41) is 10.8. The first-order chi connectivity index (χ1) is 8.31. The second-order valence-electron chi connectivity index (χ2n) is 6.57. The highest BCUT2D eigenvalue weighted by Crippen LogP contribution is 2.49. The highest BCUT2D eigenvalue weighted by molar-refractivity contribution is 5.33. The first-order valence-electron chi connectivity index (χ1n) is 6.80. The van der Waals surface area contributed by atoms with Gasteiger partial charge in [-0.1, -0.05) is 26.0 Å². The van der Waals surface area contributed by atoms with Gasteiger partial charge in [0.05, 0.1) is 11.7 Å². The molecule has 1 aliphatic carbocycles. The van der Waals surface area contributed by atoms with Crippen molar-refractivity contribution >= 4 is 0 Å². The van der Waals surface area contributed by atoms with Gasteiger partial charge < -0.3 is 9.84 Å². The van der Waals surface area contributed by atoms with Crippen molar-refractivity contribution in [2.45, 2.75) is 58.7 Å². The first kappa shape index (κ1) is 13.4. The molecule has 0 aromatic heterocycles. The number of hydrogen-bond donors (Lipinski definition) is 1. The normalized spacial score (nSPS) is 26.6. The molecule has 1 aromatic rings. The third-order valence-electron chi connectivity index (χ3n) is 3.73. The average molecular weight is 248 g/mol. The van der Waals surface area contributed by atoms with E-state index in [1.165, 1.54) is 0 Å². The van der Waals surface area contributed by atoms with E-state index in [1.807, 2.05) is 38.1 Å². The van der Waals surface area contributed by atoms with Crippen LogP contribution >= 0.6 is 0 Å². The Bertz CT molecular complexity index is 423. The molecule has 0 bridgehead atoms. The molecular formula is C16H24O2. The first-order valence-corrected chi connectivity index (χ1v) is 6.80. The van der Waals surface area contributed by atoms with Gasteiger partial charge in [-0.2, -0.15) is 0 Å². The lowest BCUT2D eigenvalue weighted by molar-refractivity contribution is 0.0335. The minimum Gasteiger partial charge on any atom is -0.491 e. The largest absolute Gasteiger partial charge is 0.491 e. The monoisotopic (exact) mass is 248 g/mol. The van der Waals surface area contributed by atoms with Crippen LogP contribution in [0.4, 0.5) is 0 Å². The van der Waals surface area contributed by atoms with Crippen molar-refractivity contribution in [1.29, 1.82) is 0 Å². The predicted octanol–water partition coefficient (Wildman–Crippen LogP) is 3.87. The molecule has 0 saturated heterocycles. The summed E-state index contributed by atoms with van der Waals surface area (Å²) >= 11 is 0. The van der Waals surface area contributed by atoms with Crippen LogP contribution < -0.4 is 4.74 Å². The number of hydrogen-bond acceptors (Lipinski definition) is 2. The quantitative estimate of drug-likeness (QED) is 0.879. The van der Waals surface area contributed by atoms with Crippen LogP contribution in [-0.4, -0.2) is 11.2 Å². The van der Waals surface area contributed by atoms with Crippen molar-refractivity contribution in [2.75, 3.05) is 0 Å².